The molecule has 0 saturated heterocycles. The van der Waals surface area contributed by atoms with Gasteiger partial charge in [0.2, 0.25) is 17.7 Å². The van der Waals surface area contributed by atoms with Crippen LogP contribution in [0.1, 0.15) is 69.4 Å². The van der Waals surface area contributed by atoms with Gasteiger partial charge in [-0.05, 0) is 72.7 Å². The molecule has 0 heterocycles. The SMILES string of the molecule is [2H]NC(=O)OCC1c2cc(NC(=O)CCC)ccc2-c2ccc(NC(=O)CCCC(=O)NCCOC(C)CCO)cc21. The standard InChI is InChI=1S/C30H40N4O7/c1-3-5-28(37)33-20-8-10-22-23-11-9-21(17-25(23)26(24(22)16-20)18-41-30(31)39)34-29(38)7-4-6-27(36)32-13-15-40-19(2)12-14-35/h8-11,16-17,19,26,35H,3-7,12-15,18H2,1-2H3,(H2,31,39)(H,32,36)(H,33,37)(H,34,38)/i/hD. The van der Waals surface area contributed by atoms with E-state index >= 15 is 0 Å². The fraction of sp³-hybridized carbons (Fsp3) is 0.467. The number of fused-ring (bicyclic) bond motifs is 3. The number of amides is 4. The second-order valence-electron chi connectivity index (χ2n) is 10.00. The predicted octanol–water partition coefficient (Wildman–Crippen LogP) is 3.65. The molecule has 11 heteroatoms. The van der Waals surface area contributed by atoms with Crippen LogP contribution in [0.15, 0.2) is 36.4 Å². The molecule has 0 radical (unpaired) electrons. The van der Waals surface area contributed by atoms with Crippen LogP contribution in [0.2, 0.25) is 1.41 Å². The Kier molecular flexibility index (Phi) is 11.5. The first-order chi connectivity index (χ1) is 20.2. The molecule has 41 heavy (non-hydrogen) atoms. The molecule has 2 atom stereocenters. The molecule has 0 fully saturated rings. The Morgan fingerprint density at radius 2 is 1.59 bits per heavy atom. The van der Waals surface area contributed by atoms with E-state index in [1.54, 1.807) is 11.8 Å². The van der Waals surface area contributed by atoms with Crippen LogP contribution < -0.4 is 21.7 Å². The highest BCUT2D eigenvalue weighted by Gasteiger charge is 2.30. The number of carbonyl (C=O) groups is 4. The number of hydrogen-bond acceptors (Lipinski definition) is 7. The van der Waals surface area contributed by atoms with E-state index in [1.165, 1.54) is 0 Å². The van der Waals surface area contributed by atoms with Gasteiger partial charge in [0, 0.05) is 49.7 Å². The van der Waals surface area contributed by atoms with Crippen LogP contribution in [-0.2, 0) is 23.9 Å². The summed E-state index contributed by atoms with van der Waals surface area (Å²) in [6.07, 6.45) is 1.45. The van der Waals surface area contributed by atoms with Crippen molar-refractivity contribution in [2.24, 2.45) is 5.73 Å². The van der Waals surface area contributed by atoms with Crippen molar-refractivity contribution in [2.75, 3.05) is 37.0 Å². The molecule has 2 aromatic rings. The van der Waals surface area contributed by atoms with Crippen LogP contribution >= 0.6 is 0 Å². The maximum Gasteiger partial charge on any atom is 0.404 e. The van der Waals surface area contributed by atoms with Crippen molar-refractivity contribution >= 4 is 35.2 Å². The first kappa shape index (κ1) is 30.0. The number of anilines is 2. The maximum absolute atomic E-state index is 12.6. The normalized spacial score (nSPS) is 14.2. The van der Waals surface area contributed by atoms with Crippen molar-refractivity contribution in [3.8, 4) is 11.1 Å². The van der Waals surface area contributed by atoms with Crippen molar-refractivity contribution in [3.05, 3.63) is 47.5 Å². The van der Waals surface area contributed by atoms with Crippen molar-refractivity contribution in [1.29, 1.82) is 0 Å². The van der Waals surface area contributed by atoms with Crippen LogP contribution in [-0.4, -0.2) is 61.4 Å². The molecule has 0 aromatic heterocycles. The molecule has 4 amide bonds. The number of carbonyl (C=O) groups excluding carboxylic acids is 4. The summed E-state index contributed by atoms with van der Waals surface area (Å²) >= 11 is 0. The summed E-state index contributed by atoms with van der Waals surface area (Å²) in [6.45, 7) is 4.52. The molecule has 0 saturated carbocycles. The molecule has 1 aliphatic rings. The summed E-state index contributed by atoms with van der Waals surface area (Å²) in [5.41, 5.74) is 6.45. The summed E-state index contributed by atoms with van der Waals surface area (Å²) in [6, 6.07) is 11.1. The van der Waals surface area contributed by atoms with Crippen LogP contribution in [0.3, 0.4) is 0 Å². The van der Waals surface area contributed by atoms with Crippen LogP contribution in [0.4, 0.5) is 16.2 Å². The number of nitrogens with two attached hydrogens (primary N) is 1. The van der Waals surface area contributed by atoms with E-state index in [0.717, 1.165) is 28.7 Å². The number of aliphatic hydroxyl groups is 1. The van der Waals surface area contributed by atoms with E-state index in [2.05, 4.69) is 16.0 Å². The largest absolute Gasteiger partial charge is 0.449 e. The number of ether oxygens (including phenoxy) is 2. The number of benzene rings is 2. The zero-order valence-electron chi connectivity index (χ0n) is 24.6. The summed E-state index contributed by atoms with van der Waals surface area (Å²) < 4.78 is 17.7. The Balaban J connectivity index is 1.60. The topological polar surface area (TPSA) is 169 Å². The summed E-state index contributed by atoms with van der Waals surface area (Å²) in [5, 5.41) is 17.4. The number of hydrogen-bond donors (Lipinski definition) is 5. The van der Waals surface area contributed by atoms with Gasteiger partial charge in [-0.15, -0.1) is 0 Å². The molecule has 1 aliphatic carbocycles. The quantitative estimate of drug-likeness (QED) is 0.192. The first-order valence-electron chi connectivity index (χ1n) is 14.5. The molecule has 0 aliphatic heterocycles. The lowest BCUT2D eigenvalue weighted by atomic mass is 9.97. The van der Waals surface area contributed by atoms with Crippen LogP contribution in [0, 0.1) is 0 Å². The number of aliphatic hydroxyl groups excluding tert-OH is 1. The van der Waals surface area contributed by atoms with E-state index in [4.69, 9.17) is 16.0 Å². The van der Waals surface area contributed by atoms with E-state index in [0.29, 0.717) is 43.8 Å². The molecule has 222 valence electrons. The van der Waals surface area contributed by atoms with Gasteiger partial charge < -0.3 is 36.3 Å². The highest BCUT2D eigenvalue weighted by atomic mass is 16.5. The van der Waals surface area contributed by atoms with Gasteiger partial charge in [-0.3, -0.25) is 14.4 Å². The minimum atomic E-state index is -0.880. The summed E-state index contributed by atoms with van der Waals surface area (Å²) in [4.78, 5) is 48.5. The Labute approximate surface area is 241 Å². The lowest BCUT2D eigenvalue weighted by molar-refractivity contribution is -0.122. The van der Waals surface area contributed by atoms with Crippen molar-refractivity contribution in [1.82, 2.24) is 5.32 Å². The van der Waals surface area contributed by atoms with Crippen molar-refractivity contribution in [3.63, 3.8) is 0 Å². The predicted molar refractivity (Wildman–Crippen MR) is 155 cm³/mol. The lowest BCUT2D eigenvalue weighted by Crippen LogP contribution is -2.28. The molecule has 2 unspecified atom stereocenters. The fourth-order valence-corrected chi connectivity index (χ4v) is 4.74. The second-order valence-corrected chi connectivity index (χ2v) is 10.00. The van der Waals surface area contributed by atoms with Gasteiger partial charge in [0.1, 0.15) is 6.61 Å². The summed E-state index contributed by atoms with van der Waals surface area (Å²) in [7, 11) is 0. The van der Waals surface area contributed by atoms with Crippen molar-refractivity contribution in [2.45, 2.75) is 64.4 Å². The Morgan fingerprint density at radius 3 is 2.17 bits per heavy atom. The van der Waals surface area contributed by atoms with Gasteiger partial charge >= 0.3 is 6.09 Å². The smallest absolute Gasteiger partial charge is 0.404 e. The summed E-state index contributed by atoms with van der Waals surface area (Å²) in [5.74, 6) is -0.857. The van der Waals surface area contributed by atoms with Gasteiger partial charge in [0.25, 0.3) is 0 Å². The number of rotatable bonds is 16. The monoisotopic (exact) mass is 569 g/mol. The van der Waals surface area contributed by atoms with E-state index < -0.39 is 6.09 Å². The highest BCUT2D eigenvalue weighted by Crippen LogP contribution is 2.46. The maximum atomic E-state index is 12.6. The average molecular weight is 570 g/mol. The first-order valence-corrected chi connectivity index (χ1v) is 14.0. The molecule has 11 nitrogen and oxygen atoms in total. The van der Waals surface area contributed by atoms with Gasteiger partial charge in [-0.25, -0.2) is 4.79 Å². The zero-order chi connectivity index (χ0) is 30.5. The molecule has 3 rings (SSSR count). The molecule has 2 aromatic carbocycles. The van der Waals surface area contributed by atoms with Gasteiger partial charge in [-0.1, -0.05) is 19.1 Å². The third-order valence-electron chi connectivity index (χ3n) is 6.74. The molecule has 0 bridgehead atoms. The van der Waals surface area contributed by atoms with E-state index in [1.807, 2.05) is 44.2 Å². The van der Waals surface area contributed by atoms with Crippen LogP contribution in [0.25, 0.3) is 11.1 Å². The lowest BCUT2D eigenvalue weighted by Gasteiger charge is -2.15. The van der Waals surface area contributed by atoms with Gasteiger partial charge in [-0.2, -0.15) is 0 Å². The Morgan fingerprint density at radius 1 is 0.976 bits per heavy atom. The van der Waals surface area contributed by atoms with Gasteiger partial charge in [0.05, 0.1) is 12.7 Å². The highest BCUT2D eigenvalue weighted by molar-refractivity contribution is 5.94. The third-order valence-corrected chi connectivity index (χ3v) is 6.74. The number of primary amides is 1. The third kappa shape index (κ3) is 9.58. The fourth-order valence-electron chi connectivity index (χ4n) is 4.74. The minimum Gasteiger partial charge on any atom is -0.449 e. The van der Waals surface area contributed by atoms with E-state index in [9.17, 15) is 19.2 Å². The molecule has 0 spiro atoms. The Bertz CT molecular complexity index is 1260. The van der Waals surface area contributed by atoms with E-state index in [-0.39, 0.29) is 55.8 Å². The molecule has 6 N–H and O–H groups in total. The number of nitrogens with one attached hydrogen (secondary N) is 3. The van der Waals surface area contributed by atoms with Crippen LogP contribution in [0.5, 0.6) is 0 Å². The molecular weight excluding hydrogens is 528 g/mol. The molecular formula is C30H40N4O7. The average Bonchev–Trinajstić information content (AvgIpc) is 3.26. The zero-order valence-corrected chi connectivity index (χ0v) is 23.6. The van der Waals surface area contributed by atoms with Gasteiger partial charge in [0.15, 0.2) is 1.41 Å². The van der Waals surface area contributed by atoms with Crippen molar-refractivity contribution < 1.29 is 35.2 Å². The minimum absolute atomic E-state index is 0.0328. The second kappa shape index (κ2) is 15.7. The Hall–Kier alpha value is -3.96.